The van der Waals surface area contributed by atoms with Gasteiger partial charge in [0.15, 0.2) is 5.96 Å². The van der Waals surface area contributed by atoms with Gasteiger partial charge in [0.1, 0.15) is 5.82 Å². The van der Waals surface area contributed by atoms with Crippen molar-refractivity contribution in [2.45, 2.75) is 19.9 Å². The number of ether oxygens (including phenoxy) is 2. The number of benzene rings is 1. The summed E-state index contributed by atoms with van der Waals surface area (Å²) in [5.74, 6) is 0.207. The Balaban J connectivity index is 2.43. The van der Waals surface area contributed by atoms with E-state index in [0.717, 1.165) is 6.42 Å². The number of aliphatic imine (C=N–C) groups is 1. The minimum atomic E-state index is -0.416. The molecule has 0 aliphatic carbocycles. The van der Waals surface area contributed by atoms with Crippen LogP contribution in [0.25, 0.3) is 0 Å². The molecule has 0 fully saturated rings. The molecule has 1 aromatic rings. The van der Waals surface area contributed by atoms with Crippen LogP contribution in [0.15, 0.2) is 23.2 Å². The highest BCUT2D eigenvalue weighted by molar-refractivity contribution is 5.79. The smallest absolute Gasteiger partial charge is 0.191 e. The number of halogens is 1. The lowest BCUT2D eigenvalue weighted by Crippen LogP contribution is -2.38. The molecule has 132 valence electrons. The quantitative estimate of drug-likeness (QED) is 0.387. The van der Waals surface area contributed by atoms with Crippen molar-refractivity contribution in [3.63, 3.8) is 0 Å². The van der Waals surface area contributed by atoms with E-state index in [4.69, 9.17) is 14.7 Å². The lowest BCUT2D eigenvalue weighted by Gasteiger charge is -2.11. The highest BCUT2D eigenvalue weighted by atomic mass is 19.1. The van der Waals surface area contributed by atoms with Crippen molar-refractivity contribution < 1.29 is 13.9 Å². The lowest BCUT2D eigenvalue weighted by molar-refractivity contribution is 0.0698. The molecule has 0 heterocycles. The Morgan fingerprint density at radius 3 is 2.79 bits per heavy atom. The van der Waals surface area contributed by atoms with Crippen molar-refractivity contribution in [2.75, 3.05) is 40.0 Å². The summed E-state index contributed by atoms with van der Waals surface area (Å²) >= 11 is 0. The molecule has 0 atom stereocenters. The molecule has 2 N–H and O–H groups in total. The molecule has 0 saturated carbocycles. The SMILES string of the molecule is CCNC(=NCc1ccc(C#N)cc1F)NCCCOCCOC. The number of methoxy groups -OCH3 is 1. The van der Waals surface area contributed by atoms with E-state index in [2.05, 4.69) is 15.6 Å². The van der Waals surface area contributed by atoms with Gasteiger partial charge in [0.05, 0.1) is 31.4 Å². The van der Waals surface area contributed by atoms with Gasteiger partial charge in [-0.25, -0.2) is 9.38 Å². The van der Waals surface area contributed by atoms with E-state index in [0.29, 0.717) is 50.0 Å². The first-order valence-corrected chi connectivity index (χ1v) is 7.98. The summed E-state index contributed by atoms with van der Waals surface area (Å²) in [6.45, 7) is 5.40. The van der Waals surface area contributed by atoms with Crippen LogP contribution in [0.2, 0.25) is 0 Å². The molecule has 24 heavy (non-hydrogen) atoms. The van der Waals surface area contributed by atoms with E-state index in [9.17, 15) is 4.39 Å². The highest BCUT2D eigenvalue weighted by Gasteiger charge is 2.04. The third kappa shape index (κ3) is 7.90. The maximum atomic E-state index is 13.8. The molecule has 0 unspecified atom stereocenters. The largest absolute Gasteiger partial charge is 0.382 e. The maximum absolute atomic E-state index is 13.8. The Morgan fingerprint density at radius 2 is 2.12 bits per heavy atom. The summed E-state index contributed by atoms with van der Waals surface area (Å²) in [6.07, 6.45) is 0.833. The summed E-state index contributed by atoms with van der Waals surface area (Å²) in [6, 6.07) is 6.31. The predicted octanol–water partition coefficient (Wildman–Crippen LogP) is 1.81. The third-order valence-electron chi connectivity index (χ3n) is 3.12. The number of rotatable bonds is 10. The minimum Gasteiger partial charge on any atom is -0.382 e. The molecule has 0 spiro atoms. The van der Waals surface area contributed by atoms with Crippen molar-refractivity contribution in [1.82, 2.24) is 10.6 Å². The number of nitrogens with one attached hydrogen (secondary N) is 2. The topological polar surface area (TPSA) is 78.7 Å². The maximum Gasteiger partial charge on any atom is 0.191 e. The fraction of sp³-hybridized carbons (Fsp3) is 0.529. The van der Waals surface area contributed by atoms with Crippen molar-refractivity contribution in [3.05, 3.63) is 35.1 Å². The zero-order valence-corrected chi connectivity index (χ0v) is 14.3. The molecule has 7 heteroatoms. The molecule has 1 aromatic carbocycles. The van der Waals surface area contributed by atoms with E-state index in [-0.39, 0.29) is 6.54 Å². The zero-order chi connectivity index (χ0) is 17.6. The first kappa shape index (κ1) is 19.9. The van der Waals surface area contributed by atoms with E-state index < -0.39 is 5.82 Å². The molecule has 0 saturated heterocycles. The van der Waals surface area contributed by atoms with Crippen molar-refractivity contribution in [1.29, 1.82) is 5.26 Å². The Kier molecular flexibility index (Phi) is 10.2. The van der Waals surface area contributed by atoms with E-state index in [1.54, 1.807) is 19.2 Å². The van der Waals surface area contributed by atoms with Crippen LogP contribution in [0, 0.1) is 17.1 Å². The number of hydrogen-bond acceptors (Lipinski definition) is 4. The molecule has 0 aromatic heterocycles. The average molecular weight is 336 g/mol. The van der Waals surface area contributed by atoms with E-state index >= 15 is 0 Å². The number of hydrogen-bond donors (Lipinski definition) is 2. The Labute approximate surface area is 142 Å². The first-order chi connectivity index (χ1) is 11.7. The van der Waals surface area contributed by atoms with Crippen molar-refractivity contribution >= 4 is 5.96 Å². The second-order valence-corrected chi connectivity index (χ2v) is 5.00. The van der Waals surface area contributed by atoms with Crippen molar-refractivity contribution in [3.8, 4) is 6.07 Å². The molecule has 6 nitrogen and oxygen atoms in total. The molecule has 0 aliphatic heterocycles. The second-order valence-electron chi connectivity index (χ2n) is 5.00. The number of nitriles is 1. The van der Waals surface area contributed by atoms with Crippen LogP contribution in [0.3, 0.4) is 0 Å². The summed E-state index contributed by atoms with van der Waals surface area (Å²) < 4.78 is 24.1. The van der Waals surface area contributed by atoms with Crippen LogP contribution in [0.5, 0.6) is 0 Å². The van der Waals surface area contributed by atoms with Gasteiger partial charge in [0, 0.05) is 32.4 Å². The Morgan fingerprint density at radius 1 is 1.29 bits per heavy atom. The van der Waals surface area contributed by atoms with Crippen LogP contribution in [0.4, 0.5) is 4.39 Å². The summed E-state index contributed by atoms with van der Waals surface area (Å²) in [5, 5.41) is 15.0. The van der Waals surface area contributed by atoms with Gasteiger partial charge in [-0.15, -0.1) is 0 Å². The van der Waals surface area contributed by atoms with Gasteiger partial charge < -0.3 is 20.1 Å². The van der Waals surface area contributed by atoms with Crippen LogP contribution < -0.4 is 10.6 Å². The van der Waals surface area contributed by atoms with Gasteiger partial charge in [-0.05, 0) is 25.5 Å². The normalized spacial score (nSPS) is 11.2. The molecule has 0 bridgehead atoms. The average Bonchev–Trinajstić information content (AvgIpc) is 2.59. The molecule has 0 aliphatic rings. The summed E-state index contributed by atoms with van der Waals surface area (Å²) in [4.78, 5) is 4.36. The van der Waals surface area contributed by atoms with Gasteiger partial charge in [0.2, 0.25) is 0 Å². The minimum absolute atomic E-state index is 0.206. The van der Waals surface area contributed by atoms with Gasteiger partial charge in [-0.1, -0.05) is 6.07 Å². The standard InChI is InChI=1S/C17H25FN4O2/c1-3-20-17(21-7-4-8-24-10-9-23-2)22-13-15-6-5-14(12-19)11-16(15)18/h5-6,11H,3-4,7-10,13H2,1-2H3,(H2,20,21,22). The number of guanidine groups is 1. The third-order valence-corrected chi connectivity index (χ3v) is 3.12. The van der Waals surface area contributed by atoms with Crippen LogP contribution in [0.1, 0.15) is 24.5 Å². The Hall–Kier alpha value is -2.17. The monoisotopic (exact) mass is 336 g/mol. The van der Waals surface area contributed by atoms with E-state index in [1.807, 2.05) is 13.0 Å². The highest BCUT2D eigenvalue weighted by Crippen LogP contribution is 2.10. The van der Waals surface area contributed by atoms with Gasteiger partial charge in [0.25, 0.3) is 0 Å². The number of nitrogens with zero attached hydrogens (tertiary/aromatic N) is 2. The fourth-order valence-electron chi connectivity index (χ4n) is 1.88. The molecule has 1 rings (SSSR count). The second kappa shape index (κ2) is 12.3. The van der Waals surface area contributed by atoms with Gasteiger partial charge in [-0.3, -0.25) is 0 Å². The van der Waals surface area contributed by atoms with Crippen molar-refractivity contribution in [2.24, 2.45) is 4.99 Å². The zero-order valence-electron chi connectivity index (χ0n) is 14.3. The molecular formula is C17H25FN4O2. The molecule has 0 amide bonds. The Bertz CT molecular complexity index is 558. The summed E-state index contributed by atoms with van der Waals surface area (Å²) in [7, 11) is 1.64. The van der Waals surface area contributed by atoms with E-state index in [1.165, 1.54) is 6.07 Å². The van der Waals surface area contributed by atoms with Crippen LogP contribution in [-0.2, 0) is 16.0 Å². The predicted molar refractivity (Wildman–Crippen MR) is 91.2 cm³/mol. The van der Waals surface area contributed by atoms with Gasteiger partial charge >= 0.3 is 0 Å². The van der Waals surface area contributed by atoms with Crippen LogP contribution >= 0.6 is 0 Å². The molecule has 0 radical (unpaired) electrons. The molecular weight excluding hydrogens is 311 g/mol. The first-order valence-electron chi connectivity index (χ1n) is 7.98. The fourth-order valence-corrected chi connectivity index (χ4v) is 1.88. The summed E-state index contributed by atoms with van der Waals surface area (Å²) in [5.41, 5.74) is 0.757. The van der Waals surface area contributed by atoms with Crippen LogP contribution in [-0.4, -0.2) is 46.0 Å². The lowest BCUT2D eigenvalue weighted by atomic mass is 10.1. The van der Waals surface area contributed by atoms with Gasteiger partial charge in [-0.2, -0.15) is 5.26 Å².